The van der Waals surface area contributed by atoms with Crippen LogP contribution in [-0.2, 0) is 43.0 Å². The van der Waals surface area contributed by atoms with Crippen LogP contribution in [0.3, 0.4) is 0 Å². The fraction of sp³-hybridized carbons (Fsp3) is 0.667. The van der Waals surface area contributed by atoms with E-state index in [1.165, 1.54) is 7.11 Å². The summed E-state index contributed by atoms with van der Waals surface area (Å²) in [6.07, 6.45) is 3.50. The van der Waals surface area contributed by atoms with Gasteiger partial charge in [0.2, 0.25) is 11.7 Å². The van der Waals surface area contributed by atoms with Gasteiger partial charge in [0, 0.05) is 24.2 Å². The molecule has 2 saturated carbocycles. The fourth-order valence-corrected chi connectivity index (χ4v) is 7.26. The standard InChI is InChI=1S/C39H56N2O10/c1-7-14-31(33(44)36(46)40-22-27(42)19-28(37(47)49-6)25-15-10-8-11-16-25)41-35(45)30-21-39(4,5)20-29(30)32(43)34(26-17-12-9-13-18-26)51-38(48)50-23-24(2)3/h8,10-11,15-16,24,26,28-31,34H,7,9,12-14,17-23H2,1-6H3,(H,40,46)(H,41,45)/t28?,29?,30-,31?,34+/m1/s1. The Kier molecular flexibility index (Phi) is 15.8. The molecule has 5 atom stereocenters. The minimum absolute atomic E-state index is 0.0880. The van der Waals surface area contributed by atoms with Crippen LogP contribution in [0.1, 0.15) is 110 Å². The molecule has 0 bridgehead atoms. The zero-order valence-corrected chi connectivity index (χ0v) is 31.0. The Morgan fingerprint density at radius 3 is 2.18 bits per heavy atom. The van der Waals surface area contributed by atoms with E-state index in [1.54, 1.807) is 37.3 Å². The predicted molar refractivity (Wildman–Crippen MR) is 188 cm³/mol. The van der Waals surface area contributed by atoms with Crippen LogP contribution in [0.4, 0.5) is 4.79 Å². The van der Waals surface area contributed by atoms with Crippen molar-refractivity contribution in [3.8, 4) is 0 Å². The monoisotopic (exact) mass is 712 g/mol. The predicted octanol–water partition coefficient (Wildman–Crippen LogP) is 5.25. The van der Waals surface area contributed by atoms with E-state index in [-0.39, 0.29) is 42.5 Å². The Balaban J connectivity index is 1.70. The number of esters is 1. The van der Waals surface area contributed by atoms with Crippen LogP contribution in [0, 0.1) is 29.1 Å². The molecule has 0 aliphatic heterocycles. The molecule has 0 saturated heterocycles. The summed E-state index contributed by atoms with van der Waals surface area (Å²) < 4.78 is 15.8. The number of Topliss-reactive ketones (excluding diaryl/α,β-unsaturated/α-hetero) is 3. The van der Waals surface area contributed by atoms with Gasteiger partial charge in [0.1, 0.15) is 0 Å². The van der Waals surface area contributed by atoms with Crippen LogP contribution in [0.2, 0.25) is 0 Å². The molecule has 0 aromatic heterocycles. The van der Waals surface area contributed by atoms with Gasteiger partial charge >= 0.3 is 12.1 Å². The normalized spacial score (nSPS) is 20.4. The van der Waals surface area contributed by atoms with E-state index in [2.05, 4.69) is 10.6 Å². The van der Waals surface area contributed by atoms with Crippen molar-refractivity contribution in [2.45, 2.75) is 117 Å². The van der Waals surface area contributed by atoms with Gasteiger partial charge in [-0.1, -0.05) is 90.6 Å². The number of ketones is 3. The van der Waals surface area contributed by atoms with E-state index in [0.29, 0.717) is 24.8 Å². The zero-order chi connectivity index (χ0) is 37.7. The van der Waals surface area contributed by atoms with E-state index in [9.17, 15) is 33.6 Å². The molecule has 12 heteroatoms. The Morgan fingerprint density at radius 2 is 1.57 bits per heavy atom. The Bertz CT molecular complexity index is 1390. The van der Waals surface area contributed by atoms with Crippen LogP contribution in [0.15, 0.2) is 30.3 Å². The van der Waals surface area contributed by atoms with Gasteiger partial charge < -0.3 is 24.8 Å². The summed E-state index contributed by atoms with van der Waals surface area (Å²) in [5, 5.41) is 5.09. The lowest BCUT2D eigenvalue weighted by atomic mass is 9.78. The van der Waals surface area contributed by atoms with E-state index in [4.69, 9.17) is 14.2 Å². The second-order valence-electron chi connectivity index (χ2n) is 15.2. The van der Waals surface area contributed by atoms with Crippen LogP contribution in [0.25, 0.3) is 0 Å². The summed E-state index contributed by atoms with van der Waals surface area (Å²) >= 11 is 0. The number of ether oxygens (including phenoxy) is 3. The minimum atomic E-state index is -1.18. The molecule has 2 N–H and O–H groups in total. The van der Waals surface area contributed by atoms with Gasteiger partial charge in [-0.3, -0.25) is 28.8 Å². The first-order valence-electron chi connectivity index (χ1n) is 18.3. The molecule has 2 fully saturated rings. The molecule has 1 aromatic carbocycles. The maximum atomic E-state index is 14.2. The van der Waals surface area contributed by atoms with Crippen molar-refractivity contribution in [1.82, 2.24) is 10.6 Å². The summed E-state index contributed by atoms with van der Waals surface area (Å²) in [5.74, 6) is -6.41. The van der Waals surface area contributed by atoms with Gasteiger partial charge in [0.05, 0.1) is 32.2 Å². The van der Waals surface area contributed by atoms with Crippen LogP contribution >= 0.6 is 0 Å². The molecule has 1 aromatic rings. The highest BCUT2D eigenvalue weighted by molar-refractivity contribution is 6.38. The van der Waals surface area contributed by atoms with E-state index < -0.39 is 71.9 Å². The SMILES string of the molecule is CCCC(NC(=O)[C@@H]1CC(C)(C)CC1C(=O)[C@@H](OC(=O)OCC(C)C)C1CCCCC1)C(=O)C(=O)NCC(=O)CC(C(=O)OC)c1ccccc1. The van der Waals surface area contributed by atoms with Gasteiger partial charge in [-0.2, -0.15) is 0 Å². The van der Waals surface area contributed by atoms with Crippen LogP contribution in [0.5, 0.6) is 0 Å². The Hall–Kier alpha value is -4.09. The lowest BCUT2D eigenvalue weighted by Crippen LogP contribution is -2.51. The van der Waals surface area contributed by atoms with Gasteiger partial charge in [-0.25, -0.2) is 4.79 Å². The maximum absolute atomic E-state index is 14.2. The number of rotatable bonds is 18. The van der Waals surface area contributed by atoms with Crippen molar-refractivity contribution in [1.29, 1.82) is 0 Å². The third kappa shape index (κ3) is 12.3. The molecule has 0 spiro atoms. The summed E-state index contributed by atoms with van der Waals surface area (Å²) in [4.78, 5) is 92.3. The molecule has 3 unspecified atom stereocenters. The number of amides is 2. The number of carbonyl (C=O) groups excluding carboxylic acids is 7. The summed E-state index contributed by atoms with van der Waals surface area (Å²) in [5.41, 5.74) is 0.196. The first kappa shape index (κ1) is 41.3. The van der Waals surface area contributed by atoms with Crippen molar-refractivity contribution in [3.63, 3.8) is 0 Å². The summed E-state index contributed by atoms with van der Waals surface area (Å²) in [6.45, 7) is 9.20. The third-order valence-corrected chi connectivity index (χ3v) is 9.85. The molecule has 2 aliphatic rings. The minimum Gasteiger partial charge on any atom is -0.469 e. The van der Waals surface area contributed by atoms with Crippen molar-refractivity contribution in [2.24, 2.45) is 29.1 Å². The molecule has 3 rings (SSSR count). The van der Waals surface area contributed by atoms with Crippen molar-refractivity contribution in [2.75, 3.05) is 20.3 Å². The third-order valence-electron chi connectivity index (χ3n) is 9.85. The van der Waals surface area contributed by atoms with Gasteiger partial charge in [0.25, 0.3) is 5.91 Å². The quantitative estimate of drug-likeness (QED) is 0.151. The lowest BCUT2D eigenvalue weighted by molar-refractivity contribution is -0.144. The molecular weight excluding hydrogens is 656 g/mol. The highest BCUT2D eigenvalue weighted by Gasteiger charge is 2.50. The number of methoxy groups -OCH3 is 1. The molecule has 2 amide bonds. The maximum Gasteiger partial charge on any atom is 0.509 e. The van der Waals surface area contributed by atoms with E-state index >= 15 is 0 Å². The van der Waals surface area contributed by atoms with Crippen molar-refractivity contribution >= 4 is 41.3 Å². The number of hydrogen-bond donors (Lipinski definition) is 2. The summed E-state index contributed by atoms with van der Waals surface area (Å²) in [7, 11) is 1.23. The number of hydrogen-bond acceptors (Lipinski definition) is 10. The van der Waals surface area contributed by atoms with Gasteiger partial charge in [0.15, 0.2) is 17.7 Å². The first-order chi connectivity index (χ1) is 24.2. The molecule has 0 radical (unpaired) electrons. The average molecular weight is 713 g/mol. The molecule has 282 valence electrons. The average Bonchev–Trinajstić information content (AvgIpc) is 3.45. The Morgan fingerprint density at radius 1 is 0.922 bits per heavy atom. The Labute approximate surface area is 301 Å². The van der Waals surface area contributed by atoms with Crippen molar-refractivity contribution in [3.05, 3.63) is 35.9 Å². The van der Waals surface area contributed by atoms with Crippen LogP contribution < -0.4 is 10.6 Å². The topological polar surface area (TPSA) is 171 Å². The highest BCUT2D eigenvalue weighted by Crippen LogP contribution is 2.47. The molecule has 12 nitrogen and oxygen atoms in total. The van der Waals surface area contributed by atoms with Crippen molar-refractivity contribution < 1.29 is 47.8 Å². The first-order valence-corrected chi connectivity index (χ1v) is 18.3. The molecule has 51 heavy (non-hydrogen) atoms. The highest BCUT2D eigenvalue weighted by atomic mass is 16.7. The molecule has 2 aliphatic carbocycles. The second kappa shape index (κ2) is 19.5. The van der Waals surface area contributed by atoms with E-state index in [0.717, 1.165) is 32.1 Å². The molecular formula is C39H56N2O10. The second-order valence-corrected chi connectivity index (χ2v) is 15.2. The number of nitrogens with one attached hydrogen (secondary N) is 2. The number of benzene rings is 1. The molecule has 0 heterocycles. The van der Waals surface area contributed by atoms with Crippen LogP contribution in [-0.4, -0.2) is 73.7 Å². The number of carbonyl (C=O) groups is 7. The van der Waals surface area contributed by atoms with Gasteiger partial charge in [-0.05, 0) is 49.0 Å². The smallest absolute Gasteiger partial charge is 0.469 e. The van der Waals surface area contributed by atoms with Gasteiger partial charge in [-0.15, -0.1) is 0 Å². The largest absolute Gasteiger partial charge is 0.509 e. The van der Waals surface area contributed by atoms with E-state index in [1.807, 2.05) is 27.7 Å². The summed E-state index contributed by atoms with van der Waals surface area (Å²) in [6, 6.07) is 7.46. The zero-order valence-electron chi connectivity index (χ0n) is 31.0. The fourth-order valence-electron chi connectivity index (χ4n) is 7.26. The lowest BCUT2D eigenvalue weighted by Gasteiger charge is -2.31.